The summed E-state index contributed by atoms with van der Waals surface area (Å²) in [5.41, 5.74) is 2.73. The summed E-state index contributed by atoms with van der Waals surface area (Å²) in [5, 5.41) is 0.709. The highest BCUT2D eigenvalue weighted by molar-refractivity contribution is 8.03. The van der Waals surface area contributed by atoms with E-state index >= 15 is 0 Å². The molecule has 1 unspecified atom stereocenters. The fourth-order valence-corrected chi connectivity index (χ4v) is 4.23. The minimum Gasteiger partial charge on any atom is -0.161 e. The molecule has 3 heteroatoms. The van der Waals surface area contributed by atoms with Crippen LogP contribution in [0, 0.1) is 6.92 Å². The Hall–Kier alpha value is -0.510. The van der Waals surface area contributed by atoms with Crippen LogP contribution in [0.25, 0.3) is 0 Å². The molecule has 0 nitrogen and oxygen atoms in total. The minimum absolute atomic E-state index is 0.709. The molecule has 0 N–H and O–H groups in total. The second-order valence-electron chi connectivity index (χ2n) is 5.11. The number of hydrogen-bond donors (Lipinski definition) is 0. The number of rotatable bonds is 7. The Labute approximate surface area is 141 Å². The van der Waals surface area contributed by atoms with Gasteiger partial charge in [-0.05, 0) is 43.0 Å². The molecule has 0 radical (unpaired) electrons. The molecule has 2 rings (SSSR count). The zero-order chi connectivity index (χ0) is 15.1. The predicted octanol–water partition coefficient (Wildman–Crippen LogP) is 6.13. The summed E-state index contributed by atoms with van der Waals surface area (Å²) in [6.45, 7) is 4.42. The van der Waals surface area contributed by atoms with Crippen LogP contribution in [0.3, 0.4) is 0 Å². The van der Waals surface area contributed by atoms with Gasteiger partial charge in [-0.15, -0.1) is 23.5 Å². The molecule has 0 aromatic heterocycles. The fraction of sp³-hybridized carbons (Fsp3) is 0.333. The van der Waals surface area contributed by atoms with Gasteiger partial charge < -0.3 is 0 Å². The monoisotopic (exact) mass is 334 g/mol. The lowest BCUT2D eigenvalue weighted by Gasteiger charge is -2.09. The van der Waals surface area contributed by atoms with E-state index in [1.807, 2.05) is 35.3 Å². The van der Waals surface area contributed by atoms with Crippen molar-refractivity contribution in [1.29, 1.82) is 0 Å². The molecule has 2 aromatic rings. The van der Waals surface area contributed by atoms with Crippen molar-refractivity contribution in [3.05, 3.63) is 59.7 Å². The minimum atomic E-state index is 0.709. The Morgan fingerprint density at radius 1 is 0.952 bits per heavy atom. The van der Waals surface area contributed by atoms with E-state index in [1.54, 1.807) is 0 Å². The third kappa shape index (κ3) is 6.01. The van der Waals surface area contributed by atoms with Gasteiger partial charge in [0, 0.05) is 26.5 Å². The molecule has 0 aliphatic heterocycles. The lowest BCUT2D eigenvalue weighted by Crippen LogP contribution is -1.97. The first-order chi connectivity index (χ1) is 10.2. The average molecular weight is 335 g/mol. The van der Waals surface area contributed by atoms with Gasteiger partial charge in [0.05, 0.1) is 0 Å². The van der Waals surface area contributed by atoms with Crippen molar-refractivity contribution >= 4 is 35.3 Å². The van der Waals surface area contributed by atoms with E-state index in [2.05, 4.69) is 68.6 Å². The molecule has 0 bridgehead atoms. The lowest BCUT2D eigenvalue weighted by molar-refractivity contribution is 1.13. The van der Waals surface area contributed by atoms with Crippen molar-refractivity contribution in [3.63, 3.8) is 0 Å². The van der Waals surface area contributed by atoms with Crippen LogP contribution < -0.4 is 0 Å². The van der Waals surface area contributed by atoms with Gasteiger partial charge in [-0.2, -0.15) is 11.8 Å². The van der Waals surface area contributed by atoms with Gasteiger partial charge in [0.2, 0.25) is 0 Å². The summed E-state index contributed by atoms with van der Waals surface area (Å²) in [6.07, 6.45) is 2.18. The van der Waals surface area contributed by atoms with Crippen LogP contribution in [0.1, 0.15) is 18.1 Å². The van der Waals surface area contributed by atoms with Crippen molar-refractivity contribution in [2.24, 2.45) is 0 Å². The van der Waals surface area contributed by atoms with Crippen LogP contribution in [-0.4, -0.2) is 17.3 Å². The zero-order valence-corrected chi connectivity index (χ0v) is 15.3. The molecular formula is C18H22S3. The Bertz CT molecular complexity index is 549. The summed E-state index contributed by atoms with van der Waals surface area (Å²) in [5.74, 6) is 2.21. The SMILES string of the molecule is CSC(C)CSc1cccc(CSc2ccc(C)cc2)c1. The summed E-state index contributed by atoms with van der Waals surface area (Å²) in [7, 11) is 0. The molecule has 1 atom stereocenters. The second kappa shape index (κ2) is 8.82. The van der Waals surface area contributed by atoms with Gasteiger partial charge in [0.1, 0.15) is 0 Å². The molecule has 0 saturated carbocycles. The van der Waals surface area contributed by atoms with Crippen LogP contribution in [0.15, 0.2) is 58.3 Å². The number of aryl methyl sites for hydroxylation is 1. The summed E-state index contributed by atoms with van der Waals surface area (Å²) >= 11 is 5.80. The molecular weight excluding hydrogens is 312 g/mol. The van der Waals surface area contributed by atoms with Crippen molar-refractivity contribution in [1.82, 2.24) is 0 Å². The average Bonchev–Trinajstić information content (AvgIpc) is 2.52. The normalized spacial score (nSPS) is 12.3. The van der Waals surface area contributed by atoms with Gasteiger partial charge in [0.15, 0.2) is 0 Å². The molecule has 0 saturated heterocycles. The maximum Gasteiger partial charge on any atom is 0.0232 e. The topological polar surface area (TPSA) is 0 Å². The van der Waals surface area contributed by atoms with Crippen molar-refractivity contribution in [2.75, 3.05) is 12.0 Å². The predicted molar refractivity (Wildman–Crippen MR) is 101 cm³/mol. The first-order valence-electron chi connectivity index (χ1n) is 7.11. The van der Waals surface area contributed by atoms with E-state index in [1.165, 1.54) is 26.7 Å². The Morgan fingerprint density at radius 2 is 1.71 bits per heavy atom. The van der Waals surface area contributed by atoms with E-state index < -0.39 is 0 Å². The van der Waals surface area contributed by atoms with Crippen LogP contribution in [0.2, 0.25) is 0 Å². The summed E-state index contributed by atoms with van der Waals surface area (Å²) in [4.78, 5) is 2.73. The van der Waals surface area contributed by atoms with Crippen molar-refractivity contribution < 1.29 is 0 Å². The number of thioether (sulfide) groups is 3. The molecule has 0 spiro atoms. The van der Waals surface area contributed by atoms with Crippen LogP contribution in [-0.2, 0) is 5.75 Å². The van der Waals surface area contributed by atoms with Gasteiger partial charge in [-0.25, -0.2) is 0 Å². The molecule has 21 heavy (non-hydrogen) atoms. The first-order valence-corrected chi connectivity index (χ1v) is 10.4. The van der Waals surface area contributed by atoms with Crippen molar-refractivity contribution in [3.8, 4) is 0 Å². The van der Waals surface area contributed by atoms with Crippen LogP contribution in [0.5, 0.6) is 0 Å². The number of benzene rings is 2. The third-order valence-corrected chi connectivity index (χ3v) is 6.73. The smallest absolute Gasteiger partial charge is 0.0232 e. The highest BCUT2D eigenvalue weighted by Crippen LogP contribution is 2.27. The first kappa shape index (κ1) is 16.9. The third-order valence-electron chi connectivity index (χ3n) is 3.21. The van der Waals surface area contributed by atoms with E-state index in [9.17, 15) is 0 Å². The van der Waals surface area contributed by atoms with Gasteiger partial charge in [-0.3, -0.25) is 0 Å². The largest absolute Gasteiger partial charge is 0.161 e. The Kier molecular flexibility index (Phi) is 7.08. The van der Waals surface area contributed by atoms with Gasteiger partial charge >= 0.3 is 0 Å². The highest BCUT2D eigenvalue weighted by atomic mass is 32.2. The van der Waals surface area contributed by atoms with Crippen LogP contribution in [0.4, 0.5) is 0 Å². The van der Waals surface area contributed by atoms with E-state index in [0.717, 1.165) is 5.75 Å². The van der Waals surface area contributed by atoms with Gasteiger partial charge in [-0.1, -0.05) is 36.8 Å². The zero-order valence-electron chi connectivity index (χ0n) is 12.8. The second-order valence-corrected chi connectivity index (χ2v) is 8.52. The maximum absolute atomic E-state index is 2.33. The number of hydrogen-bond acceptors (Lipinski definition) is 3. The highest BCUT2D eigenvalue weighted by Gasteiger charge is 2.02. The summed E-state index contributed by atoms with van der Waals surface area (Å²) < 4.78 is 0. The van der Waals surface area contributed by atoms with Crippen LogP contribution >= 0.6 is 35.3 Å². The van der Waals surface area contributed by atoms with Crippen molar-refractivity contribution in [2.45, 2.75) is 34.6 Å². The molecule has 0 aliphatic carbocycles. The molecule has 0 fully saturated rings. The lowest BCUT2D eigenvalue weighted by atomic mass is 10.2. The van der Waals surface area contributed by atoms with E-state index in [-0.39, 0.29) is 0 Å². The quantitative estimate of drug-likeness (QED) is 0.559. The maximum atomic E-state index is 2.33. The molecule has 0 amide bonds. The van der Waals surface area contributed by atoms with E-state index in [0.29, 0.717) is 5.25 Å². The Balaban J connectivity index is 1.90. The summed E-state index contributed by atoms with van der Waals surface area (Å²) in [6, 6.07) is 17.7. The molecule has 112 valence electrons. The standard InChI is InChI=1S/C18H22S3/c1-14-7-9-17(10-8-14)21-13-16-5-4-6-18(11-16)20-12-15(2)19-3/h4-11,15H,12-13H2,1-3H3. The fourth-order valence-electron chi connectivity index (χ4n) is 1.81. The molecule has 2 aromatic carbocycles. The Morgan fingerprint density at radius 3 is 2.43 bits per heavy atom. The van der Waals surface area contributed by atoms with E-state index in [4.69, 9.17) is 0 Å². The molecule has 0 aliphatic rings. The molecule has 0 heterocycles. The van der Waals surface area contributed by atoms with Gasteiger partial charge in [0.25, 0.3) is 0 Å².